The quantitative estimate of drug-likeness (QED) is 0.769. The molecule has 1 aromatic carbocycles. The third kappa shape index (κ3) is 4.23. The second-order valence-corrected chi connectivity index (χ2v) is 4.26. The molecule has 1 aromatic rings. The highest BCUT2D eigenvalue weighted by Gasteiger charge is 2.19. The Morgan fingerprint density at radius 2 is 2.11 bits per heavy atom. The number of hydrogen-bond acceptors (Lipinski definition) is 2. The van der Waals surface area contributed by atoms with Gasteiger partial charge in [0, 0.05) is 6.54 Å². The van der Waals surface area contributed by atoms with Gasteiger partial charge in [-0.3, -0.25) is 4.79 Å². The van der Waals surface area contributed by atoms with E-state index in [0.29, 0.717) is 19.5 Å². The van der Waals surface area contributed by atoms with Crippen molar-refractivity contribution >= 4 is 5.91 Å². The number of benzene rings is 1. The molecular formula is C15H20N2O. The Hall–Kier alpha value is -1.79. The van der Waals surface area contributed by atoms with Crippen molar-refractivity contribution in [3.05, 3.63) is 35.9 Å². The summed E-state index contributed by atoms with van der Waals surface area (Å²) in [5, 5.41) is 0. The molecule has 0 heterocycles. The van der Waals surface area contributed by atoms with Gasteiger partial charge < -0.3 is 10.6 Å². The van der Waals surface area contributed by atoms with Crippen LogP contribution in [0.25, 0.3) is 0 Å². The van der Waals surface area contributed by atoms with Crippen LogP contribution in [0, 0.1) is 12.3 Å². The van der Waals surface area contributed by atoms with Gasteiger partial charge in [0.1, 0.15) is 0 Å². The van der Waals surface area contributed by atoms with E-state index in [4.69, 9.17) is 12.2 Å². The Labute approximate surface area is 109 Å². The zero-order valence-electron chi connectivity index (χ0n) is 10.8. The van der Waals surface area contributed by atoms with Crippen LogP contribution in [0.5, 0.6) is 0 Å². The summed E-state index contributed by atoms with van der Waals surface area (Å²) in [6, 6.07) is 9.25. The predicted octanol–water partition coefficient (Wildman–Crippen LogP) is 1.43. The zero-order valence-corrected chi connectivity index (χ0v) is 10.8. The maximum absolute atomic E-state index is 12.1. The average Bonchev–Trinajstić information content (AvgIpc) is 2.39. The number of terminal acetylenes is 1. The van der Waals surface area contributed by atoms with Gasteiger partial charge in [-0.15, -0.1) is 6.42 Å². The molecule has 1 atom stereocenters. The maximum Gasteiger partial charge on any atom is 0.240 e. The number of carbonyl (C=O) groups excluding carboxylic acids is 1. The molecule has 0 spiro atoms. The average molecular weight is 244 g/mol. The van der Waals surface area contributed by atoms with Gasteiger partial charge in [0.15, 0.2) is 0 Å². The number of rotatable bonds is 6. The first kappa shape index (κ1) is 14.3. The molecule has 96 valence electrons. The second-order valence-electron chi connectivity index (χ2n) is 4.26. The van der Waals surface area contributed by atoms with Crippen LogP contribution in [0.1, 0.15) is 18.9 Å². The van der Waals surface area contributed by atoms with E-state index in [1.807, 2.05) is 37.3 Å². The third-order valence-electron chi connectivity index (χ3n) is 2.70. The lowest BCUT2D eigenvalue weighted by atomic mass is 10.1. The van der Waals surface area contributed by atoms with Crippen molar-refractivity contribution < 1.29 is 4.79 Å². The van der Waals surface area contributed by atoms with Crippen LogP contribution in [-0.4, -0.2) is 29.9 Å². The Morgan fingerprint density at radius 3 is 2.67 bits per heavy atom. The molecule has 0 aliphatic carbocycles. The molecule has 1 rings (SSSR count). The van der Waals surface area contributed by atoms with Gasteiger partial charge in [0.25, 0.3) is 0 Å². The largest absolute Gasteiger partial charge is 0.330 e. The van der Waals surface area contributed by atoms with Crippen LogP contribution in [0.2, 0.25) is 0 Å². The van der Waals surface area contributed by atoms with Crippen molar-refractivity contribution in [3.8, 4) is 12.3 Å². The molecule has 0 aliphatic heterocycles. The minimum absolute atomic E-state index is 0.0707. The second kappa shape index (κ2) is 7.52. The molecule has 1 amide bonds. The monoisotopic (exact) mass is 244 g/mol. The smallest absolute Gasteiger partial charge is 0.240 e. The summed E-state index contributed by atoms with van der Waals surface area (Å²) in [5.41, 5.74) is 7.02. The zero-order chi connectivity index (χ0) is 13.4. The molecule has 18 heavy (non-hydrogen) atoms. The summed E-state index contributed by atoms with van der Waals surface area (Å²) < 4.78 is 0. The summed E-state index contributed by atoms with van der Waals surface area (Å²) >= 11 is 0. The molecule has 0 aromatic heterocycles. The van der Waals surface area contributed by atoms with Gasteiger partial charge in [0.2, 0.25) is 5.91 Å². The van der Waals surface area contributed by atoms with E-state index in [1.54, 1.807) is 4.90 Å². The van der Waals surface area contributed by atoms with Gasteiger partial charge in [-0.05, 0) is 18.4 Å². The standard InChI is InChI=1S/C15H20N2O/c1-3-10-17(11-4-2)15(18)14(16)12-13-8-6-5-7-9-13/h1,5-9,14H,4,10-12,16H2,2H3/t14-/m1/s1. The Bertz CT molecular complexity index is 408. The van der Waals surface area contributed by atoms with Crippen molar-refractivity contribution in [1.29, 1.82) is 0 Å². The summed E-state index contributed by atoms with van der Waals surface area (Å²) in [7, 11) is 0. The fourth-order valence-electron chi connectivity index (χ4n) is 1.84. The molecule has 0 fully saturated rings. The molecule has 2 N–H and O–H groups in total. The SMILES string of the molecule is C#CCN(CCC)C(=O)[C@H](N)Cc1ccccc1. The fourth-order valence-corrected chi connectivity index (χ4v) is 1.84. The van der Waals surface area contributed by atoms with Crippen molar-refractivity contribution in [2.45, 2.75) is 25.8 Å². The molecule has 0 radical (unpaired) electrons. The summed E-state index contributed by atoms with van der Waals surface area (Å²) in [6.45, 7) is 3.00. The molecule has 0 aliphatic rings. The van der Waals surface area contributed by atoms with Crippen LogP contribution < -0.4 is 5.73 Å². The summed E-state index contributed by atoms with van der Waals surface area (Å²) in [4.78, 5) is 13.8. The molecule has 3 heteroatoms. The molecule has 0 unspecified atom stereocenters. The molecule has 0 bridgehead atoms. The molecule has 0 saturated carbocycles. The highest BCUT2D eigenvalue weighted by Crippen LogP contribution is 2.04. The van der Waals surface area contributed by atoms with Crippen molar-refractivity contribution in [1.82, 2.24) is 4.90 Å². The molecule has 0 saturated heterocycles. The Kier molecular flexibility index (Phi) is 5.96. The topological polar surface area (TPSA) is 46.3 Å². The van der Waals surface area contributed by atoms with E-state index >= 15 is 0 Å². The van der Waals surface area contributed by atoms with E-state index in [9.17, 15) is 4.79 Å². The van der Waals surface area contributed by atoms with E-state index in [0.717, 1.165) is 12.0 Å². The minimum atomic E-state index is -0.521. The Balaban J connectivity index is 2.62. The van der Waals surface area contributed by atoms with Gasteiger partial charge in [-0.25, -0.2) is 0 Å². The summed E-state index contributed by atoms with van der Waals surface area (Å²) in [6.07, 6.45) is 6.69. The number of hydrogen-bond donors (Lipinski definition) is 1. The normalized spacial score (nSPS) is 11.6. The molecular weight excluding hydrogens is 224 g/mol. The van der Waals surface area contributed by atoms with Crippen LogP contribution in [0.15, 0.2) is 30.3 Å². The fraction of sp³-hybridized carbons (Fsp3) is 0.400. The van der Waals surface area contributed by atoms with Gasteiger partial charge >= 0.3 is 0 Å². The van der Waals surface area contributed by atoms with Crippen molar-refractivity contribution in [3.63, 3.8) is 0 Å². The van der Waals surface area contributed by atoms with Crippen LogP contribution in [-0.2, 0) is 11.2 Å². The summed E-state index contributed by atoms with van der Waals surface area (Å²) in [5.74, 6) is 2.43. The number of amides is 1. The maximum atomic E-state index is 12.1. The first-order valence-corrected chi connectivity index (χ1v) is 6.20. The van der Waals surface area contributed by atoms with E-state index in [2.05, 4.69) is 5.92 Å². The number of carbonyl (C=O) groups is 1. The van der Waals surface area contributed by atoms with E-state index in [1.165, 1.54) is 0 Å². The van der Waals surface area contributed by atoms with Gasteiger partial charge in [0.05, 0.1) is 12.6 Å². The van der Waals surface area contributed by atoms with Crippen molar-refractivity contribution in [2.24, 2.45) is 5.73 Å². The highest BCUT2D eigenvalue weighted by molar-refractivity contribution is 5.82. The first-order valence-electron chi connectivity index (χ1n) is 6.20. The lowest BCUT2D eigenvalue weighted by molar-refractivity contribution is -0.132. The lowest BCUT2D eigenvalue weighted by Gasteiger charge is -2.23. The Morgan fingerprint density at radius 1 is 1.44 bits per heavy atom. The van der Waals surface area contributed by atoms with Gasteiger partial charge in [-0.2, -0.15) is 0 Å². The lowest BCUT2D eigenvalue weighted by Crippen LogP contribution is -2.45. The van der Waals surface area contributed by atoms with E-state index < -0.39 is 6.04 Å². The van der Waals surface area contributed by atoms with Crippen LogP contribution in [0.4, 0.5) is 0 Å². The number of nitrogens with zero attached hydrogens (tertiary/aromatic N) is 1. The third-order valence-corrected chi connectivity index (χ3v) is 2.70. The number of nitrogens with two attached hydrogens (primary N) is 1. The van der Waals surface area contributed by atoms with Crippen molar-refractivity contribution in [2.75, 3.05) is 13.1 Å². The highest BCUT2D eigenvalue weighted by atomic mass is 16.2. The minimum Gasteiger partial charge on any atom is -0.330 e. The van der Waals surface area contributed by atoms with Crippen LogP contribution >= 0.6 is 0 Å². The first-order chi connectivity index (χ1) is 8.69. The van der Waals surface area contributed by atoms with Crippen LogP contribution in [0.3, 0.4) is 0 Å². The predicted molar refractivity (Wildman–Crippen MR) is 73.8 cm³/mol. The van der Waals surface area contributed by atoms with Gasteiger partial charge in [-0.1, -0.05) is 43.2 Å². The van der Waals surface area contributed by atoms with E-state index in [-0.39, 0.29) is 5.91 Å². The molecule has 3 nitrogen and oxygen atoms in total.